The molecule has 0 aliphatic rings. The van der Waals surface area contributed by atoms with Gasteiger partial charge in [-0.25, -0.2) is 13.2 Å². The first-order chi connectivity index (χ1) is 10.2. The first kappa shape index (κ1) is 16.8. The minimum atomic E-state index is -3.98. The maximum absolute atomic E-state index is 12.5. The van der Waals surface area contributed by atoms with Gasteiger partial charge in [0.05, 0.1) is 11.3 Å². The number of rotatable bonds is 4. The van der Waals surface area contributed by atoms with Crippen LogP contribution in [0.15, 0.2) is 45.8 Å². The van der Waals surface area contributed by atoms with Gasteiger partial charge in [-0.3, -0.25) is 4.72 Å². The minimum absolute atomic E-state index is 0.0152. The van der Waals surface area contributed by atoms with Gasteiger partial charge in [0, 0.05) is 9.50 Å². The van der Waals surface area contributed by atoms with Crippen molar-refractivity contribution in [3.05, 3.63) is 57.0 Å². The van der Waals surface area contributed by atoms with Crippen LogP contribution in [0.2, 0.25) is 5.02 Å². The Balaban J connectivity index is 2.50. The molecular formula is C14H11BrClNO4S. The van der Waals surface area contributed by atoms with E-state index in [1.54, 1.807) is 19.1 Å². The molecule has 0 unspecified atom stereocenters. The van der Waals surface area contributed by atoms with Gasteiger partial charge in [0.15, 0.2) is 0 Å². The van der Waals surface area contributed by atoms with Crippen LogP contribution in [0.25, 0.3) is 0 Å². The standard InChI is InChI=1S/C14H11BrClNO4S/c1-8-6-10(15)13(7-11(8)16)22(20,21)17-12-5-3-2-4-9(12)14(18)19/h2-7,17H,1H3,(H,18,19). The molecule has 0 aliphatic heterocycles. The van der Waals surface area contributed by atoms with Crippen molar-refractivity contribution in [2.75, 3.05) is 4.72 Å². The third-order valence-corrected chi connectivity index (χ3v) is 5.64. The number of aromatic carboxylic acids is 1. The predicted octanol–water partition coefficient (Wildman–Crippen LogP) is 3.91. The number of carbonyl (C=O) groups is 1. The topological polar surface area (TPSA) is 83.5 Å². The Bertz CT molecular complexity index is 852. The lowest BCUT2D eigenvalue weighted by atomic mass is 10.2. The van der Waals surface area contributed by atoms with Crippen LogP contribution in [-0.4, -0.2) is 19.5 Å². The lowest BCUT2D eigenvalue weighted by Crippen LogP contribution is -2.16. The number of anilines is 1. The smallest absolute Gasteiger partial charge is 0.337 e. The van der Waals surface area contributed by atoms with Crippen LogP contribution in [0.4, 0.5) is 5.69 Å². The van der Waals surface area contributed by atoms with Crippen LogP contribution < -0.4 is 4.72 Å². The molecule has 2 rings (SSSR count). The summed E-state index contributed by atoms with van der Waals surface area (Å²) in [6.07, 6.45) is 0. The third kappa shape index (κ3) is 3.43. The summed E-state index contributed by atoms with van der Waals surface area (Å²) in [6.45, 7) is 1.75. The fourth-order valence-corrected chi connectivity index (χ4v) is 4.28. The van der Waals surface area contributed by atoms with E-state index in [1.165, 1.54) is 24.3 Å². The Labute approximate surface area is 141 Å². The van der Waals surface area contributed by atoms with E-state index in [9.17, 15) is 13.2 Å². The Hall–Kier alpha value is -1.57. The van der Waals surface area contributed by atoms with Gasteiger partial charge in [0.2, 0.25) is 0 Å². The maximum atomic E-state index is 12.5. The lowest BCUT2D eigenvalue weighted by Gasteiger charge is -2.12. The summed E-state index contributed by atoms with van der Waals surface area (Å²) in [5.41, 5.74) is 0.567. The lowest BCUT2D eigenvalue weighted by molar-refractivity contribution is 0.0698. The van der Waals surface area contributed by atoms with Crippen molar-refractivity contribution in [2.24, 2.45) is 0 Å². The zero-order chi connectivity index (χ0) is 16.5. The zero-order valence-corrected chi connectivity index (χ0v) is 14.5. The Morgan fingerprint density at radius 3 is 2.55 bits per heavy atom. The highest BCUT2D eigenvalue weighted by Crippen LogP contribution is 2.30. The first-order valence-electron chi connectivity index (χ1n) is 6.03. The Morgan fingerprint density at radius 1 is 1.27 bits per heavy atom. The van der Waals surface area contributed by atoms with Crippen LogP contribution in [-0.2, 0) is 10.0 Å². The number of carboxylic acid groups (broad SMARTS) is 1. The Morgan fingerprint density at radius 2 is 1.91 bits per heavy atom. The van der Waals surface area contributed by atoms with Crippen molar-refractivity contribution in [1.82, 2.24) is 0 Å². The van der Waals surface area contributed by atoms with Crippen LogP contribution in [0.1, 0.15) is 15.9 Å². The fourth-order valence-electron chi connectivity index (χ4n) is 1.79. The number of halogens is 2. The van der Waals surface area contributed by atoms with Crippen molar-refractivity contribution in [2.45, 2.75) is 11.8 Å². The second-order valence-corrected chi connectivity index (χ2v) is 7.40. The van der Waals surface area contributed by atoms with Crippen molar-refractivity contribution in [3.63, 3.8) is 0 Å². The van der Waals surface area contributed by atoms with Gasteiger partial charge in [-0.1, -0.05) is 23.7 Å². The van der Waals surface area contributed by atoms with Gasteiger partial charge >= 0.3 is 5.97 Å². The van der Waals surface area contributed by atoms with Crippen molar-refractivity contribution < 1.29 is 18.3 Å². The van der Waals surface area contributed by atoms with E-state index in [1.807, 2.05) is 0 Å². The van der Waals surface area contributed by atoms with E-state index in [2.05, 4.69) is 20.7 Å². The van der Waals surface area contributed by atoms with Gasteiger partial charge < -0.3 is 5.11 Å². The monoisotopic (exact) mass is 403 g/mol. The SMILES string of the molecule is Cc1cc(Br)c(S(=O)(=O)Nc2ccccc2C(=O)O)cc1Cl. The molecule has 0 fully saturated rings. The van der Waals surface area contributed by atoms with E-state index in [4.69, 9.17) is 16.7 Å². The minimum Gasteiger partial charge on any atom is -0.478 e. The summed E-state index contributed by atoms with van der Waals surface area (Å²) >= 11 is 9.15. The number of carboxylic acids is 1. The predicted molar refractivity (Wildman–Crippen MR) is 88.1 cm³/mol. The quantitative estimate of drug-likeness (QED) is 0.809. The van der Waals surface area contributed by atoms with Gasteiger partial charge in [-0.2, -0.15) is 0 Å². The average molecular weight is 405 g/mol. The molecule has 22 heavy (non-hydrogen) atoms. The molecule has 8 heteroatoms. The van der Waals surface area contributed by atoms with E-state index in [0.29, 0.717) is 9.50 Å². The van der Waals surface area contributed by atoms with E-state index >= 15 is 0 Å². The van der Waals surface area contributed by atoms with Crippen LogP contribution >= 0.6 is 27.5 Å². The summed E-state index contributed by atoms with van der Waals surface area (Å²) in [6, 6.07) is 8.65. The van der Waals surface area contributed by atoms with Crippen molar-refractivity contribution >= 4 is 49.2 Å². The largest absolute Gasteiger partial charge is 0.478 e. The molecule has 0 spiro atoms. The summed E-state index contributed by atoms with van der Waals surface area (Å²) in [4.78, 5) is 11.1. The number of sulfonamides is 1. The molecule has 0 aliphatic carbocycles. The molecule has 0 amide bonds. The zero-order valence-electron chi connectivity index (χ0n) is 11.3. The molecular weight excluding hydrogens is 394 g/mol. The second kappa shape index (κ2) is 6.28. The average Bonchev–Trinajstić information content (AvgIpc) is 2.42. The van der Waals surface area contributed by atoms with Crippen molar-refractivity contribution in [1.29, 1.82) is 0 Å². The van der Waals surface area contributed by atoms with E-state index in [-0.39, 0.29) is 16.1 Å². The molecule has 0 radical (unpaired) electrons. The van der Waals surface area contributed by atoms with Crippen LogP contribution in [0.5, 0.6) is 0 Å². The highest BCUT2D eigenvalue weighted by atomic mass is 79.9. The number of benzene rings is 2. The van der Waals surface area contributed by atoms with Crippen molar-refractivity contribution in [3.8, 4) is 0 Å². The van der Waals surface area contributed by atoms with Crippen LogP contribution in [0.3, 0.4) is 0 Å². The second-order valence-electron chi connectivity index (χ2n) is 4.49. The summed E-state index contributed by atoms with van der Waals surface area (Å²) in [5, 5.41) is 9.40. The molecule has 0 atom stereocenters. The van der Waals surface area contributed by atoms with E-state index in [0.717, 1.165) is 5.56 Å². The Kier molecular flexibility index (Phi) is 4.79. The van der Waals surface area contributed by atoms with Gasteiger partial charge in [0.25, 0.3) is 10.0 Å². The summed E-state index contributed by atoms with van der Waals surface area (Å²) in [5.74, 6) is -1.22. The molecule has 2 aromatic carbocycles. The van der Waals surface area contributed by atoms with Gasteiger partial charge in [0.1, 0.15) is 4.90 Å². The molecule has 2 N–H and O–H groups in total. The number of hydrogen-bond acceptors (Lipinski definition) is 3. The van der Waals surface area contributed by atoms with E-state index < -0.39 is 16.0 Å². The molecule has 2 aromatic rings. The van der Waals surface area contributed by atoms with Gasteiger partial charge in [-0.15, -0.1) is 0 Å². The number of para-hydroxylation sites is 1. The molecule has 5 nitrogen and oxygen atoms in total. The molecule has 116 valence electrons. The molecule has 0 heterocycles. The van der Waals surface area contributed by atoms with Crippen LogP contribution in [0, 0.1) is 6.92 Å². The fraction of sp³-hybridized carbons (Fsp3) is 0.0714. The number of nitrogens with one attached hydrogen (secondary N) is 1. The summed E-state index contributed by atoms with van der Waals surface area (Å²) in [7, 11) is -3.98. The van der Waals surface area contributed by atoms with Gasteiger partial charge in [-0.05, 0) is 52.7 Å². The molecule has 0 bridgehead atoms. The number of aryl methyl sites for hydroxylation is 1. The highest BCUT2D eigenvalue weighted by molar-refractivity contribution is 9.10. The maximum Gasteiger partial charge on any atom is 0.337 e. The molecule has 0 saturated heterocycles. The highest BCUT2D eigenvalue weighted by Gasteiger charge is 2.21. The third-order valence-electron chi connectivity index (χ3n) is 2.90. The number of hydrogen-bond donors (Lipinski definition) is 2. The summed E-state index contributed by atoms with van der Waals surface area (Å²) < 4.78 is 27.6. The first-order valence-corrected chi connectivity index (χ1v) is 8.68. The normalized spacial score (nSPS) is 11.2. The molecule has 0 aromatic heterocycles. The molecule has 0 saturated carbocycles.